The van der Waals surface area contributed by atoms with Crippen molar-refractivity contribution in [3.8, 4) is 16.9 Å². The minimum Gasteiger partial charge on any atom is -0.483 e. The van der Waals surface area contributed by atoms with Crippen LogP contribution in [0, 0.1) is 0 Å². The number of aliphatic imine (C=N–C) groups is 1. The Hall–Kier alpha value is -4.10. The number of hydrogen-bond donors (Lipinski definition) is 1. The summed E-state index contributed by atoms with van der Waals surface area (Å²) in [7, 11) is 0. The summed E-state index contributed by atoms with van der Waals surface area (Å²) >= 11 is 0. The first-order chi connectivity index (χ1) is 17.6. The van der Waals surface area contributed by atoms with Crippen molar-refractivity contribution in [3.05, 3.63) is 71.5 Å². The van der Waals surface area contributed by atoms with E-state index in [2.05, 4.69) is 20.0 Å². The van der Waals surface area contributed by atoms with Crippen molar-refractivity contribution >= 4 is 23.0 Å². The molecule has 0 unspecified atom stereocenters. The maximum atomic E-state index is 13.5. The van der Waals surface area contributed by atoms with Crippen molar-refractivity contribution in [2.75, 3.05) is 11.9 Å². The number of aromatic nitrogens is 1. The molecular formula is C24H14F9N3O2. The number of alkyl halides is 9. The molecule has 1 aliphatic heterocycles. The van der Waals surface area contributed by atoms with Gasteiger partial charge < -0.3 is 10.1 Å². The molecule has 0 radical (unpaired) electrons. The van der Waals surface area contributed by atoms with Gasteiger partial charge in [0.1, 0.15) is 11.4 Å². The summed E-state index contributed by atoms with van der Waals surface area (Å²) in [6.45, 7) is -1.99. The number of benzene rings is 2. The molecule has 1 aromatic heterocycles. The van der Waals surface area contributed by atoms with Crippen LogP contribution in [-0.2, 0) is 17.1 Å². The smallest absolute Gasteiger partial charge is 0.433 e. The summed E-state index contributed by atoms with van der Waals surface area (Å²) in [5, 5.41) is 2.24. The van der Waals surface area contributed by atoms with Crippen molar-refractivity contribution in [2.24, 2.45) is 4.99 Å². The zero-order valence-corrected chi connectivity index (χ0v) is 18.7. The first-order valence-corrected chi connectivity index (χ1v) is 10.6. The average molecular weight is 547 g/mol. The number of carbonyl (C=O) groups is 1. The Bertz CT molecular complexity index is 1410. The summed E-state index contributed by atoms with van der Waals surface area (Å²) in [5.74, 6) is -1.91. The van der Waals surface area contributed by atoms with Gasteiger partial charge in [-0.3, -0.25) is 9.78 Å². The van der Waals surface area contributed by atoms with Gasteiger partial charge in [-0.15, -0.1) is 0 Å². The fourth-order valence-corrected chi connectivity index (χ4v) is 3.60. The molecule has 1 aliphatic rings. The summed E-state index contributed by atoms with van der Waals surface area (Å²) in [5.41, 5.74) is -2.69. The molecule has 0 atom stereocenters. The lowest BCUT2D eigenvalue weighted by Gasteiger charge is -2.17. The fraction of sp³-hybridized carbons (Fsp3) is 0.208. The number of halogens is 9. The van der Waals surface area contributed by atoms with Gasteiger partial charge in [-0.25, -0.2) is 4.99 Å². The van der Waals surface area contributed by atoms with E-state index in [-0.39, 0.29) is 22.5 Å². The molecule has 38 heavy (non-hydrogen) atoms. The average Bonchev–Trinajstić information content (AvgIpc) is 2.98. The molecule has 0 saturated carbocycles. The zero-order chi connectivity index (χ0) is 27.9. The highest BCUT2D eigenvalue weighted by Gasteiger charge is 2.38. The van der Waals surface area contributed by atoms with Crippen LogP contribution in [0.15, 0.2) is 59.7 Å². The quantitative estimate of drug-likeness (QED) is 0.352. The Morgan fingerprint density at radius 2 is 1.53 bits per heavy atom. The molecule has 0 aliphatic carbocycles. The largest absolute Gasteiger partial charge is 0.483 e. The van der Waals surface area contributed by atoms with Gasteiger partial charge in [-0.2, -0.15) is 39.5 Å². The molecule has 5 nitrogen and oxygen atoms in total. The van der Waals surface area contributed by atoms with Gasteiger partial charge in [0, 0.05) is 12.3 Å². The van der Waals surface area contributed by atoms with Gasteiger partial charge in [0.05, 0.1) is 29.1 Å². The monoisotopic (exact) mass is 547 g/mol. The van der Waals surface area contributed by atoms with E-state index in [1.165, 1.54) is 30.3 Å². The van der Waals surface area contributed by atoms with E-state index in [4.69, 9.17) is 0 Å². The Morgan fingerprint density at radius 1 is 0.842 bits per heavy atom. The van der Waals surface area contributed by atoms with Gasteiger partial charge in [0.25, 0.3) is 0 Å². The van der Waals surface area contributed by atoms with Crippen LogP contribution in [0.5, 0.6) is 5.75 Å². The number of nitrogens with one attached hydrogen (secondary N) is 1. The Labute approximate surface area is 208 Å². The van der Waals surface area contributed by atoms with Crippen LogP contribution in [0.1, 0.15) is 23.2 Å². The van der Waals surface area contributed by atoms with E-state index < -0.39 is 60.2 Å². The third kappa shape index (κ3) is 6.23. The van der Waals surface area contributed by atoms with Crippen molar-refractivity contribution in [1.82, 2.24) is 4.98 Å². The summed E-state index contributed by atoms with van der Waals surface area (Å²) < 4.78 is 122. The number of pyridine rings is 1. The first kappa shape index (κ1) is 26.9. The summed E-state index contributed by atoms with van der Waals surface area (Å²) in [6, 6.07) is 9.05. The molecular weight excluding hydrogens is 533 g/mol. The lowest BCUT2D eigenvalue weighted by molar-refractivity contribution is -0.158. The van der Waals surface area contributed by atoms with Crippen LogP contribution in [0.4, 0.5) is 50.9 Å². The number of anilines is 1. The second-order valence-corrected chi connectivity index (χ2v) is 8.06. The predicted octanol–water partition coefficient (Wildman–Crippen LogP) is 7.19. The number of carbonyl (C=O) groups excluding carboxylic acids is 1. The van der Waals surface area contributed by atoms with Crippen molar-refractivity contribution in [1.29, 1.82) is 0 Å². The highest BCUT2D eigenvalue weighted by atomic mass is 19.4. The molecule has 2 heterocycles. The molecule has 0 fully saturated rings. The molecule has 200 valence electrons. The van der Waals surface area contributed by atoms with E-state index in [1.54, 1.807) is 0 Å². The topological polar surface area (TPSA) is 63.6 Å². The third-order valence-electron chi connectivity index (χ3n) is 5.23. The van der Waals surface area contributed by atoms with E-state index in [1.807, 2.05) is 0 Å². The SMILES string of the molecule is O=C1CC(c2cccc(-c3ccnc(C(F)(F)F)c3)c2)=Nc2cc(OCC(F)(F)F)c(C(F)(F)F)cc2N1. The Morgan fingerprint density at radius 3 is 2.18 bits per heavy atom. The second-order valence-electron chi connectivity index (χ2n) is 8.06. The molecule has 14 heteroatoms. The lowest BCUT2D eigenvalue weighted by atomic mass is 9.99. The number of rotatable bonds is 4. The number of nitrogens with zero attached hydrogens (tertiary/aromatic N) is 2. The van der Waals surface area contributed by atoms with E-state index in [0.717, 1.165) is 12.3 Å². The molecule has 2 aromatic carbocycles. The van der Waals surface area contributed by atoms with Crippen molar-refractivity contribution in [3.63, 3.8) is 0 Å². The molecule has 0 bridgehead atoms. The summed E-state index contributed by atoms with van der Waals surface area (Å²) in [6.07, 6.45) is -14.2. The van der Waals surface area contributed by atoms with Gasteiger partial charge in [0.2, 0.25) is 5.91 Å². The fourth-order valence-electron chi connectivity index (χ4n) is 3.60. The summed E-state index contributed by atoms with van der Waals surface area (Å²) in [4.78, 5) is 19.9. The van der Waals surface area contributed by atoms with E-state index in [9.17, 15) is 44.3 Å². The molecule has 0 spiro atoms. The third-order valence-corrected chi connectivity index (χ3v) is 5.23. The second kappa shape index (κ2) is 9.65. The van der Waals surface area contributed by atoms with Crippen LogP contribution in [0.25, 0.3) is 11.1 Å². The van der Waals surface area contributed by atoms with Crippen LogP contribution in [-0.4, -0.2) is 29.4 Å². The van der Waals surface area contributed by atoms with Gasteiger partial charge in [-0.1, -0.05) is 18.2 Å². The van der Waals surface area contributed by atoms with Gasteiger partial charge >= 0.3 is 18.5 Å². The van der Waals surface area contributed by atoms with Crippen LogP contribution < -0.4 is 10.1 Å². The van der Waals surface area contributed by atoms with Crippen LogP contribution in [0.3, 0.4) is 0 Å². The minimum atomic E-state index is -5.10. The maximum Gasteiger partial charge on any atom is 0.433 e. The van der Waals surface area contributed by atoms with Crippen molar-refractivity contribution < 1.29 is 49.0 Å². The molecule has 1 N–H and O–H groups in total. The lowest BCUT2D eigenvalue weighted by Crippen LogP contribution is -2.21. The minimum absolute atomic E-state index is 0.00901. The molecule has 0 saturated heterocycles. The molecule has 1 amide bonds. The normalized spacial score (nSPS) is 14.3. The first-order valence-electron chi connectivity index (χ1n) is 10.6. The zero-order valence-electron chi connectivity index (χ0n) is 18.7. The molecule has 4 rings (SSSR count). The predicted molar refractivity (Wildman–Crippen MR) is 117 cm³/mol. The van der Waals surface area contributed by atoms with Crippen LogP contribution in [0.2, 0.25) is 0 Å². The van der Waals surface area contributed by atoms with Crippen LogP contribution >= 0.6 is 0 Å². The highest BCUT2D eigenvalue weighted by Crippen LogP contribution is 2.43. The molecule has 3 aromatic rings. The van der Waals surface area contributed by atoms with Gasteiger partial charge in [0.15, 0.2) is 6.61 Å². The Balaban J connectivity index is 1.78. The standard InChI is InChI=1S/C24H14F9N3O2/c25-22(26,27)11-38-19-9-18-17(8-15(19)23(28,29)30)36-21(37)10-16(35-18)14-3-1-2-12(6-14)13-4-5-34-20(7-13)24(31,32)33/h1-9H,10-11H2,(H,36,37). The van der Waals surface area contributed by atoms with Crippen molar-refractivity contribution in [2.45, 2.75) is 24.9 Å². The number of hydrogen-bond acceptors (Lipinski definition) is 4. The maximum absolute atomic E-state index is 13.5. The van der Waals surface area contributed by atoms with E-state index >= 15 is 0 Å². The number of amides is 1. The highest BCUT2D eigenvalue weighted by molar-refractivity contribution is 6.17. The number of fused-ring (bicyclic) bond motifs is 1. The van der Waals surface area contributed by atoms with E-state index in [0.29, 0.717) is 17.7 Å². The van der Waals surface area contributed by atoms with Gasteiger partial charge in [-0.05, 0) is 41.0 Å². The Kier molecular flexibility index (Phi) is 6.84. The number of ether oxygens (including phenoxy) is 1.